The number of benzene rings is 1. The van der Waals surface area contributed by atoms with Gasteiger partial charge in [-0.1, -0.05) is 0 Å². The van der Waals surface area contributed by atoms with Crippen molar-refractivity contribution >= 4 is 43.1 Å². The van der Waals surface area contributed by atoms with Crippen LogP contribution >= 0.6 is 11.3 Å². The van der Waals surface area contributed by atoms with Crippen LogP contribution in [0.2, 0.25) is 0 Å². The quantitative estimate of drug-likeness (QED) is 0.296. The average molecular weight is 613 g/mol. The number of nitrogens with one attached hydrogen (secondary N) is 1. The Morgan fingerprint density at radius 2 is 2.05 bits per heavy atom. The number of nitrogen functional groups attached to an aromatic ring is 1. The average Bonchev–Trinajstić information content (AvgIpc) is 3.65. The Bertz CT molecular complexity index is 1770. The molecule has 3 aliphatic rings. The van der Waals surface area contributed by atoms with E-state index in [9.17, 15) is 14.0 Å². The molecule has 1 aromatic carbocycles. The van der Waals surface area contributed by atoms with Crippen LogP contribution in [0.5, 0.6) is 6.01 Å². The molecule has 3 saturated heterocycles. The van der Waals surface area contributed by atoms with Crippen LogP contribution in [0.25, 0.3) is 32.2 Å². The highest BCUT2D eigenvalue weighted by atomic mass is 32.1. The summed E-state index contributed by atoms with van der Waals surface area (Å²) in [4.78, 5) is 17.7. The normalized spacial score (nSPS) is 22.5. The van der Waals surface area contributed by atoms with Crippen molar-refractivity contribution in [1.82, 2.24) is 25.2 Å². The summed E-state index contributed by atoms with van der Waals surface area (Å²) in [5.74, 6) is -0.196. The monoisotopic (exact) mass is 612 g/mol. The maximum Gasteiger partial charge on any atom is 0.319 e. The van der Waals surface area contributed by atoms with E-state index in [4.69, 9.17) is 10.5 Å². The van der Waals surface area contributed by atoms with Gasteiger partial charge in [0.15, 0.2) is 0 Å². The second-order valence-corrected chi connectivity index (χ2v) is 12.3. The van der Waals surface area contributed by atoms with Gasteiger partial charge in [-0.25, -0.2) is 17.6 Å². The van der Waals surface area contributed by atoms with Gasteiger partial charge >= 0.3 is 6.01 Å². The zero-order chi connectivity index (χ0) is 29.9. The zero-order valence-electron chi connectivity index (χ0n) is 23.0. The molecule has 3 N–H and O–H groups in total. The first-order chi connectivity index (χ1) is 20.8. The molecule has 0 radical (unpaired) electrons. The molecule has 3 fully saturated rings. The minimum Gasteiger partial charge on any atom is -0.461 e. The molecule has 0 unspecified atom stereocenters. The van der Waals surface area contributed by atoms with Gasteiger partial charge in [-0.15, -0.1) is 11.3 Å². The summed E-state index contributed by atoms with van der Waals surface area (Å²) >= 11 is 0.882. The second kappa shape index (κ2) is 10.7. The number of halogens is 4. The van der Waals surface area contributed by atoms with Crippen molar-refractivity contribution in [2.24, 2.45) is 0 Å². The minimum absolute atomic E-state index is 0.00735. The Labute approximate surface area is 248 Å². The fourth-order valence-corrected chi connectivity index (χ4v) is 7.77. The Kier molecular flexibility index (Phi) is 6.98. The van der Waals surface area contributed by atoms with Gasteiger partial charge in [0.05, 0.1) is 38.0 Å². The second-order valence-electron chi connectivity index (χ2n) is 11.3. The molecule has 6 heterocycles. The number of nitriles is 1. The molecule has 4 aromatic rings. The molecule has 0 saturated carbocycles. The van der Waals surface area contributed by atoms with Crippen LogP contribution in [-0.2, 0) is 0 Å². The lowest BCUT2D eigenvalue weighted by molar-refractivity contribution is 0.107. The van der Waals surface area contributed by atoms with Gasteiger partial charge in [0.1, 0.15) is 35.5 Å². The lowest BCUT2D eigenvalue weighted by Gasteiger charge is -2.32. The van der Waals surface area contributed by atoms with Crippen molar-refractivity contribution in [1.29, 1.82) is 5.26 Å². The summed E-state index contributed by atoms with van der Waals surface area (Å²) < 4.78 is 65.6. The van der Waals surface area contributed by atoms with Crippen LogP contribution in [-0.4, -0.2) is 77.4 Å². The number of thiophene rings is 1. The molecular formula is C29H28F4N8OS. The maximum atomic E-state index is 15.1. The van der Waals surface area contributed by atoms with E-state index < -0.39 is 29.5 Å². The number of anilines is 2. The number of nitrogens with two attached hydrogens (primary N) is 1. The Balaban J connectivity index is 1.41. The first kappa shape index (κ1) is 28.0. The highest BCUT2D eigenvalue weighted by Gasteiger charge is 2.49. The van der Waals surface area contributed by atoms with Crippen LogP contribution in [0.3, 0.4) is 0 Å². The van der Waals surface area contributed by atoms with Gasteiger partial charge in [0.2, 0.25) is 0 Å². The number of aromatic nitrogens is 3. The number of fused-ring (bicyclic) bond motifs is 3. The number of nitrogens with zero attached hydrogens (tertiary/aromatic N) is 6. The largest absolute Gasteiger partial charge is 0.461 e. The molecule has 0 amide bonds. The van der Waals surface area contributed by atoms with Gasteiger partial charge in [-0.05, 0) is 31.5 Å². The number of hydrogen-bond donors (Lipinski definition) is 2. The number of hydrogen-bond acceptors (Lipinski definition) is 10. The first-order valence-corrected chi connectivity index (χ1v) is 15.0. The summed E-state index contributed by atoms with van der Waals surface area (Å²) in [5, 5.41) is 13.6. The highest BCUT2D eigenvalue weighted by Crippen LogP contribution is 2.45. The molecule has 3 aromatic heterocycles. The molecule has 3 aliphatic heterocycles. The Morgan fingerprint density at radius 3 is 2.81 bits per heavy atom. The molecule has 7 rings (SSSR count). The number of piperazine rings is 1. The molecule has 2 atom stereocenters. The third kappa shape index (κ3) is 4.61. The van der Waals surface area contributed by atoms with Gasteiger partial charge in [0.25, 0.3) is 6.43 Å². The Hall–Kier alpha value is -3.80. The maximum absolute atomic E-state index is 15.1. The summed E-state index contributed by atoms with van der Waals surface area (Å²) in [6.07, 6.45) is -0.501. The third-order valence-electron chi connectivity index (χ3n) is 8.79. The number of pyridine rings is 1. The molecule has 0 spiro atoms. The topological polar surface area (TPSA) is 116 Å². The molecular weight excluding hydrogens is 584 g/mol. The van der Waals surface area contributed by atoms with E-state index in [1.165, 1.54) is 12.3 Å². The smallest absolute Gasteiger partial charge is 0.319 e. The predicted octanol–water partition coefficient (Wildman–Crippen LogP) is 4.80. The van der Waals surface area contributed by atoms with Crippen molar-refractivity contribution in [2.75, 3.05) is 56.5 Å². The van der Waals surface area contributed by atoms with Crippen molar-refractivity contribution < 1.29 is 22.3 Å². The van der Waals surface area contributed by atoms with E-state index in [1.807, 2.05) is 11.0 Å². The molecule has 0 bridgehead atoms. The lowest BCUT2D eigenvalue weighted by atomic mass is 9.95. The molecule has 0 aliphatic carbocycles. The number of ether oxygens (including phenoxy) is 1. The van der Waals surface area contributed by atoms with E-state index in [1.54, 1.807) is 0 Å². The van der Waals surface area contributed by atoms with Crippen LogP contribution in [0.15, 0.2) is 18.3 Å². The van der Waals surface area contributed by atoms with Gasteiger partial charge in [-0.2, -0.15) is 15.2 Å². The molecule has 224 valence electrons. The summed E-state index contributed by atoms with van der Waals surface area (Å²) in [6, 6.07) is 4.39. The van der Waals surface area contributed by atoms with E-state index in [-0.39, 0.29) is 50.0 Å². The standard InChI is InChI=1S/C29H28F4N8OS/c30-15-10-29(4-1-7-41(29)13-15)14-42-28-38-23-18(27(39-28)40-8-5-36-6-9-40)12-37-22(21(23)25(32)33)16-2-3-19(31)24-20(16)17(11-34)26(35)43-24/h2-3,12,15,25,36H,1,4-10,13-14,35H2/t15-,29+/m0/s1. The SMILES string of the molecule is N#Cc1c(N)sc2c(F)ccc(-c3ncc4c(N5CCNCC5)nc(OC[C@]56CCCN5C[C@@H](F)C6)nc4c3C(F)F)c12. The van der Waals surface area contributed by atoms with Crippen molar-refractivity contribution in [3.63, 3.8) is 0 Å². The van der Waals surface area contributed by atoms with Crippen molar-refractivity contribution in [3.05, 3.63) is 35.3 Å². The van der Waals surface area contributed by atoms with E-state index in [0.29, 0.717) is 50.3 Å². The van der Waals surface area contributed by atoms with Crippen LogP contribution in [0, 0.1) is 17.1 Å². The van der Waals surface area contributed by atoms with Crippen molar-refractivity contribution in [3.8, 4) is 23.3 Å². The number of rotatable bonds is 6. The number of alkyl halides is 3. The Morgan fingerprint density at radius 1 is 1.23 bits per heavy atom. The van der Waals surface area contributed by atoms with E-state index in [2.05, 4.69) is 25.2 Å². The van der Waals surface area contributed by atoms with Crippen LogP contribution in [0.4, 0.5) is 28.4 Å². The third-order valence-corrected chi connectivity index (χ3v) is 9.82. The molecule has 9 nitrogen and oxygen atoms in total. The van der Waals surface area contributed by atoms with E-state index >= 15 is 8.78 Å². The van der Waals surface area contributed by atoms with Gasteiger partial charge in [0, 0.05) is 56.3 Å². The van der Waals surface area contributed by atoms with Gasteiger partial charge in [-0.3, -0.25) is 9.88 Å². The molecule has 43 heavy (non-hydrogen) atoms. The summed E-state index contributed by atoms with van der Waals surface area (Å²) in [6.45, 7) is 3.78. The minimum atomic E-state index is -3.03. The summed E-state index contributed by atoms with van der Waals surface area (Å²) in [5.41, 5.74) is 5.03. The van der Waals surface area contributed by atoms with Crippen LogP contribution in [0.1, 0.15) is 36.8 Å². The summed E-state index contributed by atoms with van der Waals surface area (Å²) in [7, 11) is 0. The zero-order valence-corrected chi connectivity index (χ0v) is 23.9. The van der Waals surface area contributed by atoms with Crippen LogP contribution < -0.4 is 20.7 Å². The fraction of sp³-hybridized carbons (Fsp3) is 0.448. The fourth-order valence-electron chi connectivity index (χ4n) is 6.82. The van der Waals surface area contributed by atoms with E-state index in [0.717, 1.165) is 36.8 Å². The van der Waals surface area contributed by atoms with Crippen molar-refractivity contribution in [2.45, 2.75) is 37.4 Å². The molecule has 14 heteroatoms. The predicted molar refractivity (Wildman–Crippen MR) is 156 cm³/mol. The lowest BCUT2D eigenvalue weighted by Crippen LogP contribution is -2.44. The highest BCUT2D eigenvalue weighted by molar-refractivity contribution is 7.23. The van der Waals surface area contributed by atoms with Gasteiger partial charge < -0.3 is 20.7 Å². The first-order valence-electron chi connectivity index (χ1n) is 14.2.